The van der Waals surface area contributed by atoms with Crippen LogP contribution in [0.3, 0.4) is 0 Å². The number of ether oxygens (including phenoxy) is 1. The van der Waals surface area contributed by atoms with E-state index in [9.17, 15) is 4.79 Å². The maximum absolute atomic E-state index is 11.9. The lowest BCUT2D eigenvalue weighted by atomic mass is 10.1. The number of aromatic nitrogens is 2. The van der Waals surface area contributed by atoms with E-state index in [1.807, 2.05) is 19.9 Å². The van der Waals surface area contributed by atoms with Gasteiger partial charge in [0.25, 0.3) is 5.56 Å². The summed E-state index contributed by atoms with van der Waals surface area (Å²) >= 11 is 0. The van der Waals surface area contributed by atoms with E-state index in [-0.39, 0.29) is 11.6 Å². The van der Waals surface area contributed by atoms with Crippen LogP contribution < -0.4 is 10.9 Å². The largest absolute Gasteiger partial charge is 0.380 e. The predicted molar refractivity (Wildman–Crippen MR) is 76.4 cm³/mol. The molecule has 1 unspecified atom stereocenters. The lowest BCUT2D eigenvalue weighted by Gasteiger charge is -2.15. The minimum absolute atomic E-state index is 0.0418. The van der Waals surface area contributed by atoms with Gasteiger partial charge in [0.05, 0.1) is 18.8 Å². The van der Waals surface area contributed by atoms with Crippen molar-refractivity contribution < 1.29 is 4.74 Å². The lowest BCUT2D eigenvalue weighted by molar-refractivity contribution is 0.138. The van der Waals surface area contributed by atoms with Gasteiger partial charge in [0.15, 0.2) is 0 Å². The first-order chi connectivity index (χ1) is 9.06. The Balaban J connectivity index is 2.48. The summed E-state index contributed by atoms with van der Waals surface area (Å²) in [5, 5.41) is 3.27. The minimum Gasteiger partial charge on any atom is -0.380 e. The lowest BCUT2D eigenvalue weighted by Crippen LogP contribution is -2.30. The van der Waals surface area contributed by atoms with Crippen LogP contribution in [0.25, 0.3) is 0 Å². The van der Waals surface area contributed by atoms with Crippen LogP contribution in [-0.4, -0.2) is 29.7 Å². The van der Waals surface area contributed by atoms with Gasteiger partial charge in [-0.05, 0) is 27.2 Å². The molecule has 0 spiro atoms. The summed E-state index contributed by atoms with van der Waals surface area (Å²) in [5.41, 5.74) is 1.39. The highest BCUT2D eigenvalue weighted by molar-refractivity contribution is 5.19. The molecular formula is C14H23N3O2. The summed E-state index contributed by atoms with van der Waals surface area (Å²) in [6.07, 6.45) is 2.69. The normalized spacial score (nSPS) is 12.4. The monoisotopic (exact) mass is 265 g/mol. The molecule has 106 valence electrons. The van der Waals surface area contributed by atoms with Gasteiger partial charge in [-0.2, -0.15) is 0 Å². The van der Waals surface area contributed by atoms with Crippen molar-refractivity contribution in [3.8, 4) is 0 Å². The molecule has 1 aromatic rings. The number of hydrogen-bond acceptors (Lipinski definition) is 4. The molecule has 0 saturated heterocycles. The van der Waals surface area contributed by atoms with Crippen molar-refractivity contribution in [3.05, 3.63) is 40.1 Å². The third-order valence-corrected chi connectivity index (χ3v) is 2.86. The van der Waals surface area contributed by atoms with Gasteiger partial charge in [0, 0.05) is 18.3 Å². The summed E-state index contributed by atoms with van der Waals surface area (Å²) in [4.78, 5) is 18.9. The van der Waals surface area contributed by atoms with E-state index < -0.39 is 0 Å². The molecule has 1 rings (SSSR count). The van der Waals surface area contributed by atoms with E-state index in [0.29, 0.717) is 31.1 Å². The molecule has 0 radical (unpaired) electrons. The van der Waals surface area contributed by atoms with Crippen molar-refractivity contribution in [2.24, 2.45) is 0 Å². The first-order valence-electron chi connectivity index (χ1n) is 6.55. The average molecular weight is 265 g/mol. The fraction of sp³-hybridized carbons (Fsp3) is 0.571. The SMILES string of the molecule is C=CCCOCCNC(C)c1c(C)nc(C)[nH]c1=O. The summed E-state index contributed by atoms with van der Waals surface area (Å²) in [5.74, 6) is 0.645. The second-order valence-corrected chi connectivity index (χ2v) is 4.52. The van der Waals surface area contributed by atoms with Crippen molar-refractivity contribution in [1.82, 2.24) is 15.3 Å². The van der Waals surface area contributed by atoms with Gasteiger partial charge >= 0.3 is 0 Å². The summed E-state index contributed by atoms with van der Waals surface area (Å²) in [6.45, 7) is 11.2. The van der Waals surface area contributed by atoms with E-state index in [0.717, 1.165) is 12.1 Å². The summed E-state index contributed by atoms with van der Waals surface area (Å²) in [7, 11) is 0. The van der Waals surface area contributed by atoms with Crippen LogP contribution in [0.2, 0.25) is 0 Å². The number of H-pyrrole nitrogens is 1. The van der Waals surface area contributed by atoms with Crippen molar-refractivity contribution in [3.63, 3.8) is 0 Å². The molecule has 5 nitrogen and oxygen atoms in total. The molecule has 1 heterocycles. The first-order valence-corrected chi connectivity index (χ1v) is 6.55. The van der Waals surface area contributed by atoms with Crippen LogP contribution in [0.5, 0.6) is 0 Å². The van der Waals surface area contributed by atoms with E-state index in [2.05, 4.69) is 21.9 Å². The predicted octanol–water partition coefficient (Wildman–Crippen LogP) is 1.63. The Morgan fingerprint density at radius 1 is 1.47 bits per heavy atom. The smallest absolute Gasteiger partial charge is 0.255 e. The molecular weight excluding hydrogens is 242 g/mol. The fourth-order valence-corrected chi connectivity index (χ4v) is 1.96. The van der Waals surface area contributed by atoms with Gasteiger partial charge in [0.2, 0.25) is 0 Å². The van der Waals surface area contributed by atoms with Crippen LogP contribution in [0.4, 0.5) is 0 Å². The van der Waals surface area contributed by atoms with E-state index in [4.69, 9.17) is 4.74 Å². The van der Waals surface area contributed by atoms with Gasteiger partial charge < -0.3 is 15.0 Å². The van der Waals surface area contributed by atoms with Gasteiger partial charge in [-0.15, -0.1) is 6.58 Å². The second-order valence-electron chi connectivity index (χ2n) is 4.52. The molecule has 5 heteroatoms. The first kappa shape index (κ1) is 15.6. The highest BCUT2D eigenvalue weighted by atomic mass is 16.5. The van der Waals surface area contributed by atoms with Gasteiger partial charge in [-0.25, -0.2) is 4.98 Å². The summed E-state index contributed by atoms with van der Waals surface area (Å²) in [6, 6.07) is -0.0418. The van der Waals surface area contributed by atoms with Crippen LogP contribution in [0, 0.1) is 13.8 Å². The molecule has 0 aliphatic carbocycles. The molecule has 1 atom stereocenters. The maximum atomic E-state index is 11.9. The molecule has 0 saturated carbocycles. The van der Waals surface area contributed by atoms with Crippen LogP contribution in [0.15, 0.2) is 17.4 Å². The molecule has 0 aliphatic rings. The van der Waals surface area contributed by atoms with Crippen molar-refractivity contribution in [2.45, 2.75) is 33.2 Å². The van der Waals surface area contributed by atoms with Gasteiger partial charge in [-0.1, -0.05) is 6.08 Å². The van der Waals surface area contributed by atoms with Crippen molar-refractivity contribution in [1.29, 1.82) is 0 Å². The zero-order valence-electron chi connectivity index (χ0n) is 12.0. The zero-order valence-corrected chi connectivity index (χ0v) is 12.0. The number of rotatable bonds is 8. The number of nitrogens with one attached hydrogen (secondary N) is 2. The number of aromatic amines is 1. The fourth-order valence-electron chi connectivity index (χ4n) is 1.96. The highest BCUT2D eigenvalue weighted by Crippen LogP contribution is 2.10. The zero-order chi connectivity index (χ0) is 14.3. The van der Waals surface area contributed by atoms with Crippen LogP contribution >= 0.6 is 0 Å². The topological polar surface area (TPSA) is 67.0 Å². The molecule has 0 amide bonds. The van der Waals surface area contributed by atoms with E-state index in [1.54, 1.807) is 6.92 Å². The quantitative estimate of drug-likeness (QED) is 0.554. The number of aryl methyl sites for hydroxylation is 2. The Morgan fingerprint density at radius 2 is 2.21 bits per heavy atom. The third-order valence-electron chi connectivity index (χ3n) is 2.86. The Kier molecular flexibility index (Phi) is 6.45. The molecule has 19 heavy (non-hydrogen) atoms. The third kappa shape index (κ3) is 4.96. The Labute approximate surface area is 114 Å². The maximum Gasteiger partial charge on any atom is 0.255 e. The number of hydrogen-bond donors (Lipinski definition) is 2. The van der Waals surface area contributed by atoms with Crippen molar-refractivity contribution in [2.75, 3.05) is 19.8 Å². The Hall–Kier alpha value is -1.46. The van der Waals surface area contributed by atoms with Crippen LogP contribution in [0.1, 0.15) is 36.5 Å². The number of nitrogens with zero attached hydrogens (tertiary/aromatic N) is 1. The molecule has 2 N–H and O–H groups in total. The van der Waals surface area contributed by atoms with E-state index >= 15 is 0 Å². The van der Waals surface area contributed by atoms with Gasteiger partial charge in [0.1, 0.15) is 5.82 Å². The Morgan fingerprint density at radius 3 is 2.84 bits per heavy atom. The molecule has 1 aromatic heterocycles. The molecule has 0 aliphatic heterocycles. The standard InChI is InChI=1S/C14H23N3O2/c1-5-6-8-19-9-7-15-10(2)13-11(3)16-12(4)17-14(13)18/h5,10,15H,1,6-9H2,2-4H3,(H,16,17,18). The van der Waals surface area contributed by atoms with Crippen LogP contribution in [-0.2, 0) is 4.74 Å². The Bertz CT molecular complexity index is 468. The second kappa shape index (κ2) is 7.86. The minimum atomic E-state index is -0.0717. The average Bonchev–Trinajstić information content (AvgIpc) is 2.32. The van der Waals surface area contributed by atoms with Gasteiger partial charge in [-0.3, -0.25) is 4.79 Å². The molecule has 0 fully saturated rings. The molecule has 0 bridgehead atoms. The molecule has 0 aromatic carbocycles. The van der Waals surface area contributed by atoms with E-state index in [1.165, 1.54) is 0 Å². The summed E-state index contributed by atoms with van der Waals surface area (Å²) < 4.78 is 5.40. The van der Waals surface area contributed by atoms with Crippen molar-refractivity contribution >= 4 is 0 Å². The highest BCUT2D eigenvalue weighted by Gasteiger charge is 2.13.